The van der Waals surface area contributed by atoms with Crippen molar-refractivity contribution in [2.75, 3.05) is 11.1 Å². The number of ether oxygens (including phenoxy) is 1. The second-order valence-electron chi connectivity index (χ2n) is 7.59. The number of thioether (sulfide) groups is 1. The maximum Gasteiger partial charge on any atom is 0.234 e. The number of aromatic nitrogens is 3. The minimum atomic E-state index is -0.254. The van der Waals surface area contributed by atoms with Crippen LogP contribution in [0.3, 0.4) is 0 Å². The Morgan fingerprint density at radius 3 is 2.41 bits per heavy atom. The Morgan fingerprint density at radius 2 is 1.81 bits per heavy atom. The molecule has 1 aromatic heterocycles. The zero-order valence-corrected chi connectivity index (χ0v) is 22.1. The highest BCUT2D eigenvalue weighted by molar-refractivity contribution is 14.1. The molecule has 0 spiro atoms. The molecule has 0 bridgehead atoms. The van der Waals surface area contributed by atoms with Crippen LogP contribution in [0.1, 0.15) is 49.4 Å². The number of nitrogens with zero attached hydrogens (tertiary/aromatic N) is 3. The summed E-state index contributed by atoms with van der Waals surface area (Å²) in [6.07, 6.45) is 0.742. The van der Waals surface area contributed by atoms with Crippen LogP contribution in [-0.4, -0.2) is 26.4 Å². The van der Waals surface area contributed by atoms with Crippen LogP contribution in [0.15, 0.2) is 41.6 Å². The van der Waals surface area contributed by atoms with E-state index in [0.29, 0.717) is 11.7 Å². The third-order valence-electron chi connectivity index (χ3n) is 5.16. The molecular formula is C24H29IN4O2S. The number of amides is 1. The Labute approximate surface area is 207 Å². The van der Waals surface area contributed by atoms with Gasteiger partial charge in [-0.1, -0.05) is 30.8 Å². The van der Waals surface area contributed by atoms with Crippen LogP contribution < -0.4 is 10.1 Å². The molecule has 3 rings (SSSR count). The molecule has 6 nitrogen and oxygen atoms in total. The number of carbonyl (C=O) groups is 1. The summed E-state index contributed by atoms with van der Waals surface area (Å²) in [5.41, 5.74) is 4.27. The van der Waals surface area contributed by atoms with Gasteiger partial charge in [-0.15, -0.1) is 10.2 Å². The third-order valence-corrected chi connectivity index (χ3v) is 6.75. The number of anilines is 1. The van der Waals surface area contributed by atoms with Crippen molar-refractivity contribution in [3.63, 3.8) is 0 Å². The highest BCUT2D eigenvalue weighted by atomic mass is 127. The zero-order chi connectivity index (χ0) is 23.3. The number of hydrogen-bond acceptors (Lipinski definition) is 5. The van der Waals surface area contributed by atoms with Crippen LogP contribution in [-0.2, 0) is 17.8 Å². The topological polar surface area (TPSA) is 69.0 Å². The van der Waals surface area contributed by atoms with Crippen LogP contribution >= 0.6 is 34.4 Å². The first-order chi connectivity index (χ1) is 15.3. The van der Waals surface area contributed by atoms with Crippen molar-refractivity contribution in [3.05, 3.63) is 62.5 Å². The van der Waals surface area contributed by atoms with Gasteiger partial charge in [0.2, 0.25) is 5.91 Å². The van der Waals surface area contributed by atoms with Gasteiger partial charge in [0, 0.05) is 15.8 Å². The zero-order valence-electron chi connectivity index (χ0n) is 19.1. The van der Waals surface area contributed by atoms with Crippen molar-refractivity contribution in [1.29, 1.82) is 0 Å². The average Bonchev–Trinajstić information content (AvgIpc) is 3.18. The van der Waals surface area contributed by atoms with Gasteiger partial charge < -0.3 is 14.6 Å². The maximum atomic E-state index is 12.6. The molecule has 1 heterocycles. The Balaban J connectivity index is 1.64. The van der Waals surface area contributed by atoms with Gasteiger partial charge >= 0.3 is 0 Å². The number of carbonyl (C=O) groups excluding carboxylic acids is 1. The number of nitrogens with one attached hydrogen (secondary N) is 1. The minimum absolute atomic E-state index is 0.0603. The van der Waals surface area contributed by atoms with Gasteiger partial charge in [0.1, 0.15) is 5.75 Å². The van der Waals surface area contributed by atoms with Gasteiger partial charge in [-0.2, -0.15) is 0 Å². The van der Waals surface area contributed by atoms with Crippen molar-refractivity contribution in [1.82, 2.24) is 14.8 Å². The van der Waals surface area contributed by atoms with Crippen LogP contribution in [0.25, 0.3) is 0 Å². The molecule has 2 aromatic carbocycles. The summed E-state index contributed by atoms with van der Waals surface area (Å²) in [5.74, 6) is 1.75. The molecule has 1 atom stereocenters. The van der Waals surface area contributed by atoms with Gasteiger partial charge in [0.15, 0.2) is 17.1 Å². The first-order valence-corrected chi connectivity index (χ1v) is 12.8. The molecule has 0 aliphatic heterocycles. The van der Waals surface area contributed by atoms with Crippen molar-refractivity contribution < 1.29 is 9.53 Å². The first kappa shape index (κ1) is 24.6. The Bertz CT molecular complexity index is 1060. The highest BCUT2D eigenvalue weighted by Crippen LogP contribution is 2.26. The largest absolute Gasteiger partial charge is 0.483 e. The van der Waals surface area contributed by atoms with Crippen molar-refractivity contribution >= 4 is 45.9 Å². The van der Waals surface area contributed by atoms with E-state index in [1.54, 1.807) is 0 Å². The molecule has 0 aliphatic carbocycles. The summed E-state index contributed by atoms with van der Waals surface area (Å²) >= 11 is 3.67. The molecule has 0 radical (unpaired) electrons. The lowest BCUT2D eigenvalue weighted by Gasteiger charge is -2.16. The molecule has 0 aliphatic rings. The van der Waals surface area contributed by atoms with Crippen molar-refractivity contribution in [2.45, 2.75) is 58.8 Å². The molecule has 170 valence electrons. The molecule has 0 saturated carbocycles. The summed E-state index contributed by atoms with van der Waals surface area (Å²) < 4.78 is 9.25. The first-order valence-electron chi connectivity index (χ1n) is 10.7. The SMILES string of the molecule is CCc1ccc(OC(C)c2nnc(SCC(=O)Nc3c(C)cc(I)cc3C)n2CC)cc1. The second-order valence-corrected chi connectivity index (χ2v) is 9.78. The summed E-state index contributed by atoms with van der Waals surface area (Å²) in [7, 11) is 0. The van der Waals surface area contributed by atoms with E-state index >= 15 is 0 Å². The Morgan fingerprint density at radius 1 is 1.16 bits per heavy atom. The summed E-state index contributed by atoms with van der Waals surface area (Å²) in [4.78, 5) is 12.6. The van der Waals surface area contributed by atoms with E-state index in [4.69, 9.17) is 4.74 Å². The summed E-state index contributed by atoms with van der Waals surface area (Å²) in [5, 5.41) is 12.4. The van der Waals surface area contributed by atoms with Gasteiger partial charge in [-0.3, -0.25) is 4.79 Å². The number of rotatable bonds is 9. The molecular weight excluding hydrogens is 535 g/mol. The van der Waals surface area contributed by atoms with Crippen molar-refractivity contribution in [2.24, 2.45) is 0 Å². The molecule has 1 unspecified atom stereocenters. The molecule has 1 N–H and O–H groups in total. The lowest BCUT2D eigenvalue weighted by Crippen LogP contribution is -2.17. The Hall–Kier alpha value is -2.07. The highest BCUT2D eigenvalue weighted by Gasteiger charge is 2.20. The standard InChI is InChI=1S/C24H29IN4O2S/c1-6-18-8-10-20(11-9-18)31-17(5)23-27-28-24(29(23)7-2)32-14-21(30)26-22-15(3)12-19(25)13-16(22)4/h8-13,17H,6-7,14H2,1-5H3,(H,26,30). The number of halogens is 1. The molecule has 3 aromatic rings. The van der Waals surface area contributed by atoms with E-state index in [1.807, 2.05) is 44.4 Å². The van der Waals surface area contributed by atoms with E-state index in [0.717, 1.165) is 38.4 Å². The van der Waals surface area contributed by atoms with E-state index in [9.17, 15) is 4.79 Å². The van der Waals surface area contributed by atoms with Crippen LogP contribution in [0.2, 0.25) is 0 Å². The smallest absolute Gasteiger partial charge is 0.234 e. The fraction of sp³-hybridized carbons (Fsp3) is 0.375. The van der Waals surface area contributed by atoms with E-state index in [-0.39, 0.29) is 17.8 Å². The van der Waals surface area contributed by atoms with E-state index in [2.05, 4.69) is 69.3 Å². The van der Waals surface area contributed by atoms with Crippen molar-refractivity contribution in [3.8, 4) is 5.75 Å². The molecule has 8 heteroatoms. The van der Waals surface area contributed by atoms with Gasteiger partial charge in [-0.25, -0.2) is 0 Å². The maximum absolute atomic E-state index is 12.6. The fourth-order valence-corrected chi connectivity index (χ4v) is 5.22. The Kier molecular flexibility index (Phi) is 8.58. The fourth-order valence-electron chi connectivity index (χ4n) is 3.48. The number of aryl methyl sites for hydroxylation is 3. The lowest BCUT2D eigenvalue weighted by atomic mass is 10.1. The second kappa shape index (κ2) is 11.2. The molecule has 1 amide bonds. The van der Waals surface area contributed by atoms with E-state index < -0.39 is 0 Å². The quantitative estimate of drug-likeness (QED) is 0.257. The lowest BCUT2D eigenvalue weighted by molar-refractivity contribution is -0.113. The van der Waals surface area contributed by atoms with Crippen LogP contribution in [0.5, 0.6) is 5.75 Å². The molecule has 0 saturated heterocycles. The van der Waals surface area contributed by atoms with Gasteiger partial charge in [-0.05, 0) is 97.7 Å². The predicted octanol–water partition coefficient (Wildman–Crippen LogP) is 5.95. The number of hydrogen-bond donors (Lipinski definition) is 1. The normalized spacial score (nSPS) is 11.9. The van der Waals surface area contributed by atoms with Crippen LogP contribution in [0, 0.1) is 17.4 Å². The summed E-state index contributed by atoms with van der Waals surface area (Å²) in [6.45, 7) is 10.9. The summed E-state index contributed by atoms with van der Waals surface area (Å²) in [6, 6.07) is 12.2. The van der Waals surface area contributed by atoms with Gasteiger partial charge in [0.05, 0.1) is 5.75 Å². The van der Waals surface area contributed by atoms with Gasteiger partial charge in [0.25, 0.3) is 0 Å². The average molecular weight is 564 g/mol. The van der Waals surface area contributed by atoms with E-state index in [1.165, 1.54) is 17.3 Å². The van der Waals surface area contributed by atoms with Crippen LogP contribution in [0.4, 0.5) is 5.69 Å². The molecule has 32 heavy (non-hydrogen) atoms. The monoisotopic (exact) mass is 564 g/mol. The third kappa shape index (κ3) is 6.04. The molecule has 0 fully saturated rings. The predicted molar refractivity (Wildman–Crippen MR) is 139 cm³/mol. The minimum Gasteiger partial charge on any atom is -0.483 e. The number of benzene rings is 2.